The molecule has 0 amide bonds. The first kappa shape index (κ1) is 345. The maximum absolute atomic E-state index is 0. The molecule has 0 radical (unpaired) electrons. The maximum atomic E-state index is 0. The van der Waals surface area contributed by atoms with E-state index in [0.717, 1.165) is 0 Å². The van der Waals surface area contributed by atoms with Crippen LogP contribution < -0.4 is 0 Å². The zero-order valence-electron chi connectivity index (χ0n) is 3.35. The van der Waals surface area contributed by atoms with Gasteiger partial charge in [0.25, 0.3) is 0 Å². The van der Waals surface area contributed by atoms with Crippen molar-refractivity contribution in [1.82, 2.24) is 0 Å². The van der Waals surface area contributed by atoms with Crippen molar-refractivity contribution in [2.45, 2.75) is 0 Å². The van der Waals surface area contributed by atoms with Gasteiger partial charge in [-0.2, -0.15) is 0 Å². The SMILES string of the molecule is O.O.O.O.O.O.[Gd]. The molecule has 56 valence electrons. The van der Waals surface area contributed by atoms with E-state index in [9.17, 15) is 0 Å². The fourth-order valence-corrected chi connectivity index (χ4v) is 0. The Morgan fingerprint density at radius 2 is 0.286 bits per heavy atom. The molecule has 0 bridgehead atoms. The summed E-state index contributed by atoms with van der Waals surface area (Å²) in [6.45, 7) is 0. The van der Waals surface area contributed by atoms with Gasteiger partial charge in [-0.05, 0) is 0 Å². The second kappa shape index (κ2) is 223. The van der Waals surface area contributed by atoms with Crippen LogP contribution in [0.25, 0.3) is 0 Å². The first-order valence-corrected chi connectivity index (χ1v) is 0. The molecule has 0 aliphatic carbocycles. The predicted molar refractivity (Wildman–Crippen MR) is 21.7 cm³/mol. The van der Waals surface area contributed by atoms with Gasteiger partial charge in [-0.3, -0.25) is 0 Å². The van der Waals surface area contributed by atoms with Gasteiger partial charge in [0.1, 0.15) is 0 Å². The van der Waals surface area contributed by atoms with E-state index in [-0.39, 0.29) is 72.8 Å². The molecule has 12 N–H and O–H groups in total. The molecule has 0 aliphatic heterocycles. The molecule has 0 aromatic heterocycles. The molecule has 6 nitrogen and oxygen atoms in total. The van der Waals surface area contributed by atoms with Crippen LogP contribution in [0, 0.1) is 39.9 Å². The Bertz CT molecular complexity index is 4.14. The average Bonchev–Trinajstić information content (AvgIpc) is 0. The van der Waals surface area contributed by atoms with Gasteiger partial charge >= 0.3 is 0 Å². The van der Waals surface area contributed by atoms with Crippen molar-refractivity contribution < 1.29 is 72.8 Å². The summed E-state index contributed by atoms with van der Waals surface area (Å²) in [6.07, 6.45) is 0. The van der Waals surface area contributed by atoms with Gasteiger partial charge in [0.05, 0.1) is 0 Å². The third kappa shape index (κ3) is 156. The molecule has 0 spiro atoms. The minimum Gasteiger partial charge on any atom is -0.412 e. The summed E-state index contributed by atoms with van der Waals surface area (Å²) < 4.78 is 0. The second-order valence-electron chi connectivity index (χ2n) is 0. The molecule has 7 heteroatoms. The molecule has 0 rings (SSSR count). The standard InChI is InChI=1S/Gd.6H2O/h;6*1H2. The van der Waals surface area contributed by atoms with Crippen LogP contribution in [0.3, 0.4) is 0 Å². The molecule has 0 saturated heterocycles. The maximum Gasteiger partial charge on any atom is 0 e. The summed E-state index contributed by atoms with van der Waals surface area (Å²) in [6, 6.07) is 0. The summed E-state index contributed by atoms with van der Waals surface area (Å²) in [5.41, 5.74) is 0. The predicted octanol–water partition coefficient (Wildman–Crippen LogP) is -4.95. The van der Waals surface area contributed by atoms with Crippen molar-refractivity contribution in [3.05, 3.63) is 0 Å². The van der Waals surface area contributed by atoms with Crippen molar-refractivity contribution in [1.29, 1.82) is 0 Å². The molecule has 0 aromatic carbocycles. The third-order valence-corrected chi connectivity index (χ3v) is 0. The molecule has 0 unspecified atom stereocenters. The van der Waals surface area contributed by atoms with E-state index in [1.54, 1.807) is 0 Å². The van der Waals surface area contributed by atoms with Crippen LogP contribution in [0.1, 0.15) is 0 Å². The molecule has 0 aliphatic rings. The molecular weight excluding hydrogens is 253 g/mol. The second-order valence-corrected chi connectivity index (χ2v) is 0. The topological polar surface area (TPSA) is 189 Å². The Labute approximate surface area is 72.4 Å². The summed E-state index contributed by atoms with van der Waals surface area (Å²) in [5.74, 6) is 0. The molecule has 0 fully saturated rings. The van der Waals surface area contributed by atoms with Crippen LogP contribution in [0.5, 0.6) is 0 Å². The van der Waals surface area contributed by atoms with Crippen LogP contribution in [0.4, 0.5) is 0 Å². The Kier molecular flexibility index (Phi) is 11000. The number of hydrogen-bond donors (Lipinski definition) is 0. The zero-order chi connectivity index (χ0) is 0. The number of rotatable bonds is 0. The van der Waals surface area contributed by atoms with Gasteiger partial charge < -0.3 is 32.9 Å². The van der Waals surface area contributed by atoms with Crippen LogP contribution in [-0.2, 0) is 0 Å². The minimum absolute atomic E-state index is 0. The molecule has 0 saturated carbocycles. The summed E-state index contributed by atoms with van der Waals surface area (Å²) in [4.78, 5) is 0. The molecular formula is H12GdO6. The smallest absolute Gasteiger partial charge is 0 e. The van der Waals surface area contributed by atoms with E-state index in [1.807, 2.05) is 0 Å². The molecule has 0 aromatic rings. The zero-order valence-corrected chi connectivity index (χ0v) is 5.62. The van der Waals surface area contributed by atoms with E-state index in [4.69, 9.17) is 0 Å². The van der Waals surface area contributed by atoms with E-state index in [0.29, 0.717) is 0 Å². The van der Waals surface area contributed by atoms with Gasteiger partial charge in [-0.1, -0.05) is 0 Å². The van der Waals surface area contributed by atoms with Gasteiger partial charge in [0.15, 0.2) is 0 Å². The van der Waals surface area contributed by atoms with E-state index < -0.39 is 0 Å². The Morgan fingerprint density at radius 3 is 0.286 bits per heavy atom. The van der Waals surface area contributed by atoms with Gasteiger partial charge in [-0.15, -0.1) is 0 Å². The molecule has 0 heterocycles. The van der Waals surface area contributed by atoms with Crippen LogP contribution >= 0.6 is 0 Å². The fourth-order valence-electron chi connectivity index (χ4n) is 0. The average molecular weight is 265 g/mol. The van der Waals surface area contributed by atoms with Crippen molar-refractivity contribution in [2.75, 3.05) is 0 Å². The van der Waals surface area contributed by atoms with Crippen LogP contribution in [0.2, 0.25) is 0 Å². The molecule has 0 atom stereocenters. The third-order valence-electron chi connectivity index (χ3n) is 0. The first-order chi connectivity index (χ1) is 0. The van der Waals surface area contributed by atoms with Gasteiger partial charge in [0.2, 0.25) is 0 Å². The Morgan fingerprint density at radius 1 is 0.286 bits per heavy atom. The van der Waals surface area contributed by atoms with Crippen LogP contribution in [-0.4, -0.2) is 32.9 Å². The largest absolute Gasteiger partial charge is 0.412 e. The van der Waals surface area contributed by atoms with E-state index in [1.165, 1.54) is 0 Å². The van der Waals surface area contributed by atoms with Crippen molar-refractivity contribution in [3.63, 3.8) is 0 Å². The summed E-state index contributed by atoms with van der Waals surface area (Å²) in [5, 5.41) is 0. The van der Waals surface area contributed by atoms with Gasteiger partial charge in [0, 0.05) is 39.9 Å². The quantitative estimate of drug-likeness (QED) is 0.406. The molecule has 7 heavy (non-hydrogen) atoms. The van der Waals surface area contributed by atoms with Crippen molar-refractivity contribution in [3.8, 4) is 0 Å². The van der Waals surface area contributed by atoms with Crippen LogP contribution in [0.15, 0.2) is 0 Å². The Balaban J connectivity index is 0. The minimum atomic E-state index is 0. The Hall–Kier alpha value is 1.08. The van der Waals surface area contributed by atoms with E-state index in [2.05, 4.69) is 0 Å². The van der Waals surface area contributed by atoms with Gasteiger partial charge in [-0.25, -0.2) is 0 Å². The van der Waals surface area contributed by atoms with E-state index >= 15 is 0 Å². The number of hydrogen-bond acceptors (Lipinski definition) is 0. The van der Waals surface area contributed by atoms with Crippen molar-refractivity contribution in [2.24, 2.45) is 0 Å². The first-order valence-electron chi connectivity index (χ1n) is 0. The van der Waals surface area contributed by atoms with Crippen molar-refractivity contribution >= 4 is 0 Å². The fraction of sp³-hybridized carbons (Fsp3) is 0. The summed E-state index contributed by atoms with van der Waals surface area (Å²) in [7, 11) is 0. The normalized spacial score (nSPS) is 0. The summed E-state index contributed by atoms with van der Waals surface area (Å²) >= 11 is 0. The monoisotopic (exact) mass is 266 g/mol.